The van der Waals surface area contributed by atoms with Crippen LogP contribution in [0.3, 0.4) is 0 Å². The minimum Gasteiger partial charge on any atom is -0.382 e. The van der Waals surface area contributed by atoms with Gasteiger partial charge in [0.05, 0.1) is 31.2 Å². The van der Waals surface area contributed by atoms with Gasteiger partial charge in [-0.25, -0.2) is 19.6 Å². The summed E-state index contributed by atoms with van der Waals surface area (Å²) < 4.78 is 3.80. The molecule has 1 aliphatic rings. The second-order valence-electron chi connectivity index (χ2n) is 10.0. The Kier molecular flexibility index (Phi) is 7.70. The zero-order valence-corrected chi connectivity index (χ0v) is 22.8. The monoisotopic (exact) mass is 563 g/mol. The molecule has 0 unspecified atom stereocenters. The Balaban J connectivity index is 1.34. The van der Waals surface area contributed by atoms with Crippen LogP contribution in [0.15, 0.2) is 84.6 Å². The molecule has 1 fully saturated rings. The first-order valence-electron chi connectivity index (χ1n) is 13.6. The van der Waals surface area contributed by atoms with Crippen molar-refractivity contribution in [2.24, 2.45) is 5.11 Å². The summed E-state index contributed by atoms with van der Waals surface area (Å²) in [7, 11) is 0. The van der Waals surface area contributed by atoms with Crippen LogP contribution in [0.2, 0.25) is 0 Å². The molecule has 14 heteroatoms. The molecular formula is C28H29N13O. The van der Waals surface area contributed by atoms with E-state index in [2.05, 4.69) is 64.5 Å². The number of aromatic nitrogens is 7. The van der Waals surface area contributed by atoms with Crippen molar-refractivity contribution in [3.05, 3.63) is 107 Å². The number of imidazole rings is 1. The smallest absolute Gasteiger partial charge is 0.228 e. The van der Waals surface area contributed by atoms with Crippen molar-refractivity contribution in [1.82, 2.24) is 44.3 Å². The van der Waals surface area contributed by atoms with Gasteiger partial charge in [0, 0.05) is 31.1 Å². The number of benzene rings is 2. The van der Waals surface area contributed by atoms with Crippen LogP contribution in [0, 0.1) is 0 Å². The summed E-state index contributed by atoms with van der Waals surface area (Å²) in [5.41, 5.74) is 18.7. The van der Waals surface area contributed by atoms with Gasteiger partial charge in [0.25, 0.3) is 0 Å². The number of azide groups is 1. The van der Waals surface area contributed by atoms with Crippen LogP contribution in [0.1, 0.15) is 28.9 Å². The molecule has 2 aromatic carbocycles. The van der Waals surface area contributed by atoms with E-state index in [9.17, 15) is 4.79 Å². The largest absolute Gasteiger partial charge is 0.382 e. The molecule has 1 saturated heterocycles. The molecule has 0 bridgehead atoms. The Labute approximate surface area is 241 Å². The summed E-state index contributed by atoms with van der Waals surface area (Å²) in [6.45, 7) is 2.61. The molecule has 1 amide bonds. The van der Waals surface area contributed by atoms with E-state index < -0.39 is 0 Å². The number of anilines is 1. The lowest BCUT2D eigenvalue weighted by Crippen LogP contribution is -2.51. The summed E-state index contributed by atoms with van der Waals surface area (Å²) in [5, 5.41) is 12.6. The molecule has 0 aliphatic carbocycles. The standard InChI is InChI=1S/C28H29N13O/c29-27-24-28(32-18-31-27)40(19-33-24)16-22-17-41(37-35-22)26(21-9-5-2-6-10-21)25(20-7-3-1-4-8-20)39-13-11-38(12-14-39)23(42)15-34-36-30/h1-10,17-19,25-26H,11-16H2,(H2,29,31,32)/t25-,26+/m0/s1. The molecule has 3 aromatic heterocycles. The molecule has 0 saturated carbocycles. The van der Waals surface area contributed by atoms with E-state index in [0.717, 1.165) is 16.8 Å². The highest BCUT2D eigenvalue weighted by molar-refractivity contribution is 5.81. The number of nitrogens with two attached hydrogens (primary N) is 1. The van der Waals surface area contributed by atoms with Gasteiger partial charge in [0.2, 0.25) is 5.91 Å². The molecule has 4 heterocycles. The molecule has 1 aliphatic heterocycles. The number of amides is 1. The number of carbonyl (C=O) groups is 1. The third kappa shape index (κ3) is 5.48. The minimum absolute atomic E-state index is 0.0980. The van der Waals surface area contributed by atoms with E-state index in [4.69, 9.17) is 11.3 Å². The van der Waals surface area contributed by atoms with E-state index in [1.165, 1.54) is 6.33 Å². The van der Waals surface area contributed by atoms with Crippen LogP contribution in [0.5, 0.6) is 0 Å². The maximum Gasteiger partial charge on any atom is 0.228 e. The number of hydrogen-bond acceptors (Lipinski definition) is 9. The Bertz CT molecular complexity index is 1700. The van der Waals surface area contributed by atoms with Crippen LogP contribution >= 0.6 is 0 Å². The predicted molar refractivity (Wildman–Crippen MR) is 155 cm³/mol. The minimum atomic E-state index is -0.210. The fraction of sp³-hybridized carbons (Fsp3) is 0.286. The van der Waals surface area contributed by atoms with Crippen molar-refractivity contribution in [3.63, 3.8) is 0 Å². The van der Waals surface area contributed by atoms with Gasteiger partial charge in [0.15, 0.2) is 11.5 Å². The highest BCUT2D eigenvalue weighted by atomic mass is 16.2. The summed E-state index contributed by atoms with van der Waals surface area (Å²) in [5.74, 6) is 0.167. The lowest BCUT2D eigenvalue weighted by atomic mass is 9.91. The maximum atomic E-state index is 12.5. The average molecular weight is 564 g/mol. The normalized spacial score (nSPS) is 15.3. The summed E-state index contributed by atoms with van der Waals surface area (Å²) in [6, 6.07) is 20.3. The zero-order valence-electron chi connectivity index (χ0n) is 22.8. The third-order valence-electron chi connectivity index (χ3n) is 7.52. The van der Waals surface area contributed by atoms with Crippen LogP contribution < -0.4 is 5.73 Å². The van der Waals surface area contributed by atoms with Gasteiger partial charge in [-0.2, -0.15) is 0 Å². The van der Waals surface area contributed by atoms with Crippen molar-refractivity contribution in [2.75, 3.05) is 38.5 Å². The fourth-order valence-electron chi connectivity index (χ4n) is 5.53. The van der Waals surface area contributed by atoms with Gasteiger partial charge in [-0.1, -0.05) is 71.0 Å². The number of piperazine rings is 1. The molecule has 0 spiro atoms. The number of fused-ring (bicyclic) bond motifs is 1. The second kappa shape index (κ2) is 12.0. The van der Waals surface area contributed by atoms with Crippen molar-refractivity contribution < 1.29 is 4.79 Å². The van der Waals surface area contributed by atoms with E-state index in [-0.39, 0.29) is 24.5 Å². The highest BCUT2D eigenvalue weighted by Crippen LogP contribution is 2.37. The molecule has 6 rings (SSSR count). The molecule has 5 aromatic rings. The molecule has 42 heavy (non-hydrogen) atoms. The quantitative estimate of drug-likeness (QED) is 0.162. The Morgan fingerprint density at radius 2 is 1.64 bits per heavy atom. The number of rotatable bonds is 9. The topological polar surface area (TPSA) is 173 Å². The number of nitrogens with zero attached hydrogens (tertiary/aromatic N) is 12. The molecule has 212 valence electrons. The van der Waals surface area contributed by atoms with Gasteiger partial charge in [0.1, 0.15) is 24.1 Å². The Hall–Kier alpha value is -5.33. The molecule has 2 N–H and O–H groups in total. The predicted octanol–water partition coefficient (Wildman–Crippen LogP) is 2.83. The van der Waals surface area contributed by atoms with Crippen LogP contribution in [-0.4, -0.2) is 82.9 Å². The first kappa shape index (κ1) is 26.9. The number of hydrogen-bond donors (Lipinski definition) is 1. The molecule has 0 radical (unpaired) electrons. The van der Waals surface area contributed by atoms with E-state index in [1.54, 1.807) is 11.2 Å². The summed E-state index contributed by atoms with van der Waals surface area (Å²) in [4.78, 5) is 32.1. The van der Waals surface area contributed by atoms with Gasteiger partial charge < -0.3 is 15.2 Å². The van der Waals surface area contributed by atoms with Crippen molar-refractivity contribution in [1.29, 1.82) is 0 Å². The lowest BCUT2D eigenvalue weighted by molar-refractivity contribution is -0.131. The van der Waals surface area contributed by atoms with E-state index in [0.29, 0.717) is 49.7 Å². The van der Waals surface area contributed by atoms with Crippen molar-refractivity contribution >= 4 is 22.9 Å². The van der Waals surface area contributed by atoms with Crippen LogP contribution in [-0.2, 0) is 11.3 Å². The maximum absolute atomic E-state index is 12.5. The van der Waals surface area contributed by atoms with Gasteiger partial charge >= 0.3 is 0 Å². The number of nitrogen functional groups attached to an aromatic ring is 1. The Morgan fingerprint density at radius 1 is 0.952 bits per heavy atom. The van der Waals surface area contributed by atoms with Crippen LogP contribution in [0.4, 0.5) is 5.82 Å². The first-order valence-corrected chi connectivity index (χ1v) is 13.6. The molecular weight excluding hydrogens is 534 g/mol. The van der Waals surface area contributed by atoms with E-state index >= 15 is 0 Å². The van der Waals surface area contributed by atoms with Gasteiger partial charge in [-0.05, 0) is 16.7 Å². The van der Waals surface area contributed by atoms with Gasteiger partial charge in [-0.3, -0.25) is 9.69 Å². The zero-order chi connectivity index (χ0) is 28.9. The van der Waals surface area contributed by atoms with Gasteiger partial charge in [-0.15, -0.1) is 5.10 Å². The lowest BCUT2D eigenvalue weighted by Gasteiger charge is -2.42. The SMILES string of the molecule is [N-]=[N+]=NCC(=O)N1CCN([C@@H](c2ccccc2)[C@@H](c2ccccc2)n2cc(Cn3cnc4c(N)ncnc43)nn2)CC1. The molecule has 2 atom stereocenters. The highest BCUT2D eigenvalue weighted by Gasteiger charge is 2.35. The fourth-order valence-corrected chi connectivity index (χ4v) is 5.53. The number of carbonyl (C=O) groups excluding carboxylic acids is 1. The Morgan fingerprint density at radius 3 is 2.33 bits per heavy atom. The summed E-state index contributed by atoms with van der Waals surface area (Å²) in [6.07, 6.45) is 5.06. The van der Waals surface area contributed by atoms with E-state index in [1.807, 2.05) is 51.8 Å². The first-order chi connectivity index (χ1) is 20.6. The van der Waals surface area contributed by atoms with Crippen molar-refractivity contribution in [2.45, 2.75) is 18.6 Å². The van der Waals surface area contributed by atoms with Crippen LogP contribution in [0.25, 0.3) is 21.6 Å². The van der Waals surface area contributed by atoms with Crippen molar-refractivity contribution in [3.8, 4) is 0 Å². The molecule has 14 nitrogen and oxygen atoms in total. The third-order valence-corrected chi connectivity index (χ3v) is 7.52. The second-order valence-corrected chi connectivity index (χ2v) is 10.0. The summed E-state index contributed by atoms with van der Waals surface area (Å²) >= 11 is 0. The average Bonchev–Trinajstić information content (AvgIpc) is 3.67.